The molecule has 0 N–H and O–H groups in total. The molecule has 0 radical (unpaired) electrons. The molecule has 3 heterocycles. The fourth-order valence-electron chi connectivity index (χ4n) is 2.60. The molecular formula is C16H19N3OS. The monoisotopic (exact) mass is 301 g/mol. The van der Waals surface area contributed by atoms with E-state index in [1.165, 1.54) is 0 Å². The van der Waals surface area contributed by atoms with Crippen LogP contribution in [0.3, 0.4) is 0 Å². The van der Waals surface area contributed by atoms with Crippen molar-refractivity contribution in [1.29, 1.82) is 0 Å². The molecule has 1 amide bonds. The summed E-state index contributed by atoms with van der Waals surface area (Å²) in [5, 5.41) is 0. The average Bonchev–Trinajstić information content (AvgIpc) is 2.94. The Balaban J connectivity index is 1.75. The third kappa shape index (κ3) is 2.97. The van der Waals surface area contributed by atoms with Crippen LogP contribution >= 0.6 is 11.3 Å². The van der Waals surface area contributed by atoms with Gasteiger partial charge in [0.25, 0.3) is 5.91 Å². The molecule has 4 nitrogen and oxygen atoms in total. The summed E-state index contributed by atoms with van der Waals surface area (Å²) >= 11 is 1.58. The van der Waals surface area contributed by atoms with Crippen molar-refractivity contribution >= 4 is 17.2 Å². The predicted octanol–water partition coefficient (Wildman–Crippen LogP) is 3.39. The van der Waals surface area contributed by atoms with Crippen molar-refractivity contribution < 1.29 is 4.79 Å². The second kappa shape index (κ2) is 5.93. The largest absolute Gasteiger partial charge is 0.339 e. The van der Waals surface area contributed by atoms with Gasteiger partial charge in [0.1, 0.15) is 0 Å². The Kier molecular flexibility index (Phi) is 4.01. The van der Waals surface area contributed by atoms with E-state index < -0.39 is 0 Å². The molecule has 5 heteroatoms. The minimum atomic E-state index is 0.0991. The number of piperidine rings is 1. The first-order valence-corrected chi connectivity index (χ1v) is 8.19. The van der Waals surface area contributed by atoms with Crippen LogP contribution in [0.25, 0.3) is 10.6 Å². The van der Waals surface area contributed by atoms with Gasteiger partial charge in [-0.05, 0) is 37.8 Å². The number of thiazole rings is 1. The van der Waals surface area contributed by atoms with Gasteiger partial charge in [-0.1, -0.05) is 6.92 Å². The number of carbonyl (C=O) groups is 1. The normalized spacial score (nSPS) is 16.2. The highest BCUT2D eigenvalue weighted by Gasteiger charge is 2.21. The SMILES string of the molecule is Cc1ncsc1-c1ccc(C(=O)N2CCC(C)CC2)cn1. The van der Waals surface area contributed by atoms with Crippen molar-refractivity contribution in [1.82, 2.24) is 14.9 Å². The molecule has 0 aromatic carbocycles. The van der Waals surface area contributed by atoms with Crippen LogP contribution in [0.4, 0.5) is 0 Å². The quantitative estimate of drug-likeness (QED) is 0.854. The minimum absolute atomic E-state index is 0.0991. The number of likely N-dealkylation sites (tertiary alicyclic amines) is 1. The maximum Gasteiger partial charge on any atom is 0.255 e. The van der Waals surface area contributed by atoms with Crippen molar-refractivity contribution in [3.63, 3.8) is 0 Å². The van der Waals surface area contributed by atoms with E-state index in [-0.39, 0.29) is 5.91 Å². The predicted molar refractivity (Wildman–Crippen MR) is 84.4 cm³/mol. The van der Waals surface area contributed by atoms with E-state index in [1.54, 1.807) is 17.5 Å². The van der Waals surface area contributed by atoms with E-state index in [9.17, 15) is 4.79 Å². The molecule has 0 unspecified atom stereocenters. The van der Waals surface area contributed by atoms with Gasteiger partial charge >= 0.3 is 0 Å². The first kappa shape index (κ1) is 14.2. The Labute approximate surface area is 128 Å². The third-order valence-electron chi connectivity index (χ3n) is 4.06. The number of nitrogens with zero attached hydrogens (tertiary/aromatic N) is 3. The summed E-state index contributed by atoms with van der Waals surface area (Å²) in [6, 6.07) is 3.79. The minimum Gasteiger partial charge on any atom is -0.339 e. The van der Waals surface area contributed by atoms with Crippen molar-refractivity contribution in [2.24, 2.45) is 5.92 Å². The number of hydrogen-bond acceptors (Lipinski definition) is 4. The highest BCUT2D eigenvalue weighted by Crippen LogP contribution is 2.25. The third-order valence-corrected chi connectivity index (χ3v) is 5.01. The highest BCUT2D eigenvalue weighted by molar-refractivity contribution is 7.13. The standard InChI is InChI=1S/C16H19N3OS/c1-11-5-7-19(8-6-11)16(20)13-3-4-14(17-9-13)15-12(2)18-10-21-15/h3-4,9-11H,5-8H2,1-2H3. The van der Waals surface area contributed by atoms with Gasteiger partial charge in [-0.2, -0.15) is 0 Å². The zero-order valence-corrected chi connectivity index (χ0v) is 13.2. The fraction of sp³-hybridized carbons (Fsp3) is 0.438. The lowest BCUT2D eigenvalue weighted by Gasteiger charge is -2.30. The topological polar surface area (TPSA) is 46.1 Å². The number of carbonyl (C=O) groups excluding carboxylic acids is 1. The maximum absolute atomic E-state index is 12.4. The number of aromatic nitrogens is 2. The van der Waals surface area contributed by atoms with Crippen LogP contribution in [0.5, 0.6) is 0 Å². The summed E-state index contributed by atoms with van der Waals surface area (Å²) in [6.45, 7) is 5.93. The van der Waals surface area contributed by atoms with Crippen LogP contribution in [-0.4, -0.2) is 33.9 Å². The first-order valence-electron chi connectivity index (χ1n) is 7.31. The molecule has 0 spiro atoms. The van der Waals surface area contributed by atoms with Crippen LogP contribution in [0, 0.1) is 12.8 Å². The van der Waals surface area contributed by atoms with Gasteiger partial charge in [-0.15, -0.1) is 11.3 Å². The second-order valence-corrected chi connectivity index (χ2v) is 6.53. The Morgan fingerprint density at radius 1 is 1.29 bits per heavy atom. The molecule has 1 saturated heterocycles. The number of rotatable bonds is 2. The van der Waals surface area contributed by atoms with E-state index in [0.717, 1.165) is 48.1 Å². The first-order chi connectivity index (χ1) is 10.1. The van der Waals surface area contributed by atoms with Crippen molar-refractivity contribution in [3.8, 4) is 10.6 Å². The van der Waals surface area contributed by atoms with Gasteiger partial charge in [0.05, 0.1) is 27.3 Å². The van der Waals surface area contributed by atoms with E-state index >= 15 is 0 Å². The fourth-order valence-corrected chi connectivity index (χ4v) is 3.38. The lowest BCUT2D eigenvalue weighted by atomic mass is 9.99. The molecule has 0 atom stereocenters. The maximum atomic E-state index is 12.4. The molecule has 0 saturated carbocycles. The summed E-state index contributed by atoms with van der Waals surface area (Å²) in [5.74, 6) is 0.825. The van der Waals surface area contributed by atoms with Gasteiger partial charge in [0.15, 0.2) is 0 Å². The summed E-state index contributed by atoms with van der Waals surface area (Å²) in [7, 11) is 0. The van der Waals surface area contributed by atoms with Gasteiger partial charge in [0, 0.05) is 19.3 Å². The average molecular weight is 301 g/mol. The van der Waals surface area contributed by atoms with E-state index in [1.807, 2.05) is 29.5 Å². The zero-order valence-electron chi connectivity index (χ0n) is 12.4. The number of pyridine rings is 1. The smallest absolute Gasteiger partial charge is 0.255 e. The Hall–Kier alpha value is -1.75. The van der Waals surface area contributed by atoms with Gasteiger partial charge < -0.3 is 4.90 Å². The van der Waals surface area contributed by atoms with Crippen LogP contribution < -0.4 is 0 Å². The Morgan fingerprint density at radius 2 is 2.05 bits per heavy atom. The second-order valence-electron chi connectivity index (χ2n) is 5.67. The van der Waals surface area contributed by atoms with Crippen LogP contribution in [0.15, 0.2) is 23.8 Å². The van der Waals surface area contributed by atoms with Crippen molar-refractivity contribution in [2.45, 2.75) is 26.7 Å². The lowest BCUT2D eigenvalue weighted by molar-refractivity contribution is 0.0697. The van der Waals surface area contributed by atoms with E-state index in [0.29, 0.717) is 5.56 Å². The Morgan fingerprint density at radius 3 is 2.62 bits per heavy atom. The lowest BCUT2D eigenvalue weighted by Crippen LogP contribution is -2.37. The van der Waals surface area contributed by atoms with Gasteiger partial charge in [-0.3, -0.25) is 9.78 Å². The van der Waals surface area contributed by atoms with Gasteiger partial charge in [-0.25, -0.2) is 4.98 Å². The molecular weight excluding hydrogens is 282 g/mol. The van der Waals surface area contributed by atoms with Crippen LogP contribution in [0.1, 0.15) is 35.8 Å². The summed E-state index contributed by atoms with van der Waals surface area (Å²) in [5.41, 5.74) is 4.37. The van der Waals surface area contributed by atoms with Gasteiger partial charge in [0.2, 0.25) is 0 Å². The van der Waals surface area contributed by atoms with E-state index in [2.05, 4.69) is 16.9 Å². The molecule has 110 valence electrons. The summed E-state index contributed by atoms with van der Waals surface area (Å²) < 4.78 is 0. The van der Waals surface area contributed by atoms with Crippen molar-refractivity contribution in [3.05, 3.63) is 35.1 Å². The molecule has 0 bridgehead atoms. The summed E-state index contributed by atoms with van der Waals surface area (Å²) in [6.07, 6.45) is 3.88. The van der Waals surface area contributed by atoms with Crippen molar-refractivity contribution in [2.75, 3.05) is 13.1 Å². The van der Waals surface area contributed by atoms with Crippen LogP contribution in [0.2, 0.25) is 0 Å². The molecule has 3 rings (SSSR count). The molecule has 2 aromatic heterocycles. The highest BCUT2D eigenvalue weighted by atomic mass is 32.1. The molecule has 1 fully saturated rings. The zero-order chi connectivity index (χ0) is 14.8. The molecule has 1 aliphatic rings. The number of aryl methyl sites for hydroxylation is 1. The molecule has 1 aliphatic heterocycles. The number of hydrogen-bond donors (Lipinski definition) is 0. The summed E-state index contributed by atoms with van der Waals surface area (Å²) in [4.78, 5) is 24.1. The number of amides is 1. The molecule has 21 heavy (non-hydrogen) atoms. The molecule has 0 aliphatic carbocycles. The Bertz CT molecular complexity index is 627. The molecule has 2 aromatic rings. The van der Waals surface area contributed by atoms with Crippen LogP contribution in [-0.2, 0) is 0 Å². The van der Waals surface area contributed by atoms with E-state index in [4.69, 9.17) is 0 Å².